The molecule has 0 saturated carbocycles. The minimum atomic E-state index is -4.40. The largest absolute Gasteiger partial charge is 0.497 e. The Morgan fingerprint density at radius 1 is 1.08 bits per heavy atom. The Morgan fingerprint density at radius 2 is 1.64 bits per heavy atom. The van der Waals surface area contributed by atoms with E-state index in [9.17, 15) is 13.2 Å². The van der Waals surface area contributed by atoms with Gasteiger partial charge in [0, 0.05) is 32.2 Å². The molecule has 146 valence electrons. The first-order valence-corrected chi connectivity index (χ1v) is 7.84. The molecule has 0 amide bonds. The average molecular weight is 403 g/mol. The van der Waals surface area contributed by atoms with Crippen molar-refractivity contribution in [2.75, 3.05) is 33.3 Å². The summed E-state index contributed by atoms with van der Waals surface area (Å²) in [5, 5.41) is 3.25. The summed E-state index contributed by atoms with van der Waals surface area (Å²) in [5.41, 5.74) is -0.589. The second-order valence-electron chi connectivity index (χ2n) is 7.01. The van der Waals surface area contributed by atoms with Crippen molar-refractivity contribution in [3.8, 4) is 5.75 Å². The topological polar surface area (TPSA) is 24.5 Å². The van der Waals surface area contributed by atoms with E-state index in [0.29, 0.717) is 5.56 Å². The Bertz CT molecular complexity index is 542. The number of benzene rings is 1. The molecule has 1 aliphatic rings. The molecule has 0 radical (unpaired) electrons. The van der Waals surface area contributed by atoms with Gasteiger partial charge in [-0.1, -0.05) is 26.8 Å². The number of piperazine rings is 1. The Kier molecular flexibility index (Phi) is 9.05. The highest BCUT2D eigenvalue weighted by Gasteiger charge is 2.41. The number of halogens is 5. The van der Waals surface area contributed by atoms with Crippen LogP contribution in [0.25, 0.3) is 0 Å². The van der Waals surface area contributed by atoms with E-state index < -0.39 is 11.7 Å². The van der Waals surface area contributed by atoms with E-state index in [1.807, 2.05) is 20.8 Å². The van der Waals surface area contributed by atoms with Gasteiger partial charge in [0.25, 0.3) is 0 Å². The van der Waals surface area contributed by atoms with E-state index in [0.717, 1.165) is 32.2 Å². The van der Waals surface area contributed by atoms with Crippen LogP contribution in [-0.2, 0) is 6.18 Å². The van der Waals surface area contributed by atoms with Crippen LogP contribution in [0.15, 0.2) is 18.2 Å². The molecule has 8 heteroatoms. The van der Waals surface area contributed by atoms with Gasteiger partial charge in [0.05, 0.1) is 12.7 Å². The third kappa shape index (κ3) is 5.91. The van der Waals surface area contributed by atoms with E-state index in [4.69, 9.17) is 4.74 Å². The predicted octanol–water partition coefficient (Wildman–Crippen LogP) is 4.55. The molecule has 2 rings (SSSR count). The maximum Gasteiger partial charge on any atom is 0.416 e. The molecule has 0 aromatic heterocycles. The standard InChI is InChI=1S/C17H25F3N2O.2ClH/c1-16(2,3)15(22-9-7-21-8-10-22)13-6-5-12(23-4)11-14(13)17(18,19)20;;/h5-6,11,15,21H,7-10H2,1-4H3;2*1H/t15-;;/m0../s1. The number of hydrogen-bond acceptors (Lipinski definition) is 3. The van der Waals surface area contributed by atoms with Crippen LogP contribution in [0.4, 0.5) is 13.2 Å². The molecular weight excluding hydrogens is 376 g/mol. The Balaban J connectivity index is 0.00000288. The Hall–Kier alpha value is -0.690. The monoisotopic (exact) mass is 402 g/mol. The number of methoxy groups -OCH3 is 1. The van der Waals surface area contributed by atoms with Crippen molar-refractivity contribution < 1.29 is 17.9 Å². The summed E-state index contributed by atoms with van der Waals surface area (Å²) >= 11 is 0. The average Bonchev–Trinajstić information content (AvgIpc) is 2.46. The second-order valence-corrected chi connectivity index (χ2v) is 7.01. The summed E-state index contributed by atoms with van der Waals surface area (Å²) in [7, 11) is 1.38. The van der Waals surface area contributed by atoms with E-state index in [1.54, 1.807) is 12.1 Å². The summed E-state index contributed by atoms with van der Waals surface area (Å²) in [4.78, 5) is 2.15. The molecule has 1 aromatic carbocycles. The van der Waals surface area contributed by atoms with Crippen LogP contribution in [0.5, 0.6) is 5.75 Å². The minimum absolute atomic E-state index is 0. The number of nitrogens with one attached hydrogen (secondary N) is 1. The van der Waals surface area contributed by atoms with Crippen LogP contribution >= 0.6 is 24.8 Å². The maximum absolute atomic E-state index is 13.6. The van der Waals surface area contributed by atoms with Gasteiger partial charge in [-0.3, -0.25) is 4.90 Å². The van der Waals surface area contributed by atoms with Crippen molar-refractivity contribution in [3.63, 3.8) is 0 Å². The summed E-state index contributed by atoms with van der Waals surface area (Å²) < 4.78 is 45.8. The number of nitrogens with zero attached hydrogens (tertiary/aromatic N) is 1. The minimum Gasteiger partial charge on any atom is -0.497 e. The lowest BCUT2D eigenvalue weighted by Gasteiger charge is -2.43. The zero-order chi connectivity index (χ0) is 17.3. The number of ether oxygens (including phenoxy) is 1. The van der Waals surface area contributed by atoms with Crippen LogP contribution in [0.3, 0.4) is 0 Å². The van der Waals surface area contributed by atoms with Crippen LogP contribution in [-0.4, -0.2) is 38.2 Å². The molecule has 1 fully saturated rings. The van der Waals surface area contributed by atoms with E-state index in [2.05, 4.69) is 10.2 Å². The fourth-order valence-corrected chi connectivity index (χ4v) is 3.30. The highest BCUT2D eigenvalue weighted by atomic mass is 35.5. The molecule has 1 aromatic rings. The van der Waals surface area contributed by atoms with Crippen LogP contribution in [0.1, 0.15) is 37.9 Å². The van der Waals surface area contributed by atoms with Gasteiger partial charge in [-0.25, -0.2) is 0 Å². The van der Waals surface area contributed by atoms with Crippen LogP contribution < -0.4 is 10.1 Å². The third-order valence-electron chi connectivity index (χ3n) is 4.20. The maximum atomic E-state index is 13.6. The van der Waals surface area contributed by atoms with Gasteiger partial charge in [0.1, 0.15) is 5.75 Å². The molecule has 0 aliphatic carbocycles. The third-order valence-corrected chi connectivity index (χ3v) is 4.20. The fraction of sp³-hybridized carbons (Fsp3) is 0.647. The molecule has 1 atom stereocenters. The van der Waals surface area contributed by atoms with Crippen LogP contribution in [0, 0.1) is 5.41 Å². The van der Waals surface area contributed by atoms with Gasteiger partial charge in [0.15, 0.2) is 0 Å². The van der Waals surface area contributed by atoms with Gasteiger partial charge < -0.3 is 10.1 Å². The van der Waals surface area contributed by atoms with Crippen molar-refractivity contribution >= 4 is 24.8 Å². The normalized spacial score (nSPS) is 17.2. The molecule has 0 unspecified atom stereocenters. The Morgan fingerprint density at radius 3 is 2.08 bits per heavy atom. The van der Waals surface area contributed by atoms with Gasteiger partial charge in [0.2, 0.25) is 0 Å². The lowest BCUT2D eigenvalue weighted by atomic mass is 9.79. The first-order chi connectivity index (χ1) is 10.6. The summed E-state index contributed by atoms with van der Waals surface area (Å²) in [5.74, 6) is 0.231. The first kappa shape index (κ1) is 24.3. The van der Waals surface area contributed by atoms with Gasteiger partial charge in [-0.05, 0) is 23.1 Å². The fourth-order valence-electron chi connectivity index (χ4n) is 3.30. The van der Waals surface area contributed by atoms with Gasteiger partial charge >= 0.3 is 6.18 Å². The lowest BCUT2D eigenvalue weighted by Crippen LogP contribution is -2.48. The van der Waals surface area contributed by atoms with Crippen molar-refractivity contribution in [1.29, 1.82) is 0 Å². The lowest BCUT2D eigenvalue weighted by molar-refractivity contribution is -0.139. The molecule has 1 aliphatic heterocycles. The van der Waals surface area contributed by atoms with E-state index in [-0.39, 0.29) is 42.0 Å². The van der Waals surface area contributed by atoms with Crippen molar-refractivity contribution in [1.82, 2.24) is 10.2 Å². The first-order valence-electron chi connectivity index (χ1n) is 7.84. The van der Waals surface area contributed by atoms with Crippen molar-refractivity contribution in [3.05, 3.63) is 29.3 Å². The number of hydrogen-bond donors (Lipinski definition) is 1. The number of rotatable bonds is 3. The molecule has 1 heterocycles. The Labute approximate surface area is 160 Å². The van der Waals surface area contributed by atoms with Crippen molar-refractivity contribution in [2.24, 2.45) is 5.41 Å². The zero-order valence-corrected chi connectivity index (χ0v) is 16.6. The molecule has 1 saturated heterocycles. The molecule has 0 bridgehead atoms. The van der Waals surface area contributed by atoms with Crippen LogP contribution in [0.2, 0.25) is 0 Å². The zero-order valence-electron chi connectivity index (χ0n) is 14.9. The molecule has 25 heavy (non-hydrogen) atoms. The predicted molar refractivity (Wildman–Crippen MR) is 99.1 cm³/mol. The van der Waals surface area contributed by atoms with E-state index >= 15 is 0 Å². The highest BCUT2D eigenvalue weighted by Crippen LogP contribution is 2.44. The second kappa shape index (κ2) is 9.31. The van der Waals surface area contributed by atoms with E-state index in [1.165, 1.54) is 7.11 Å². The SMILES string of the molecule is COc1ccc([C@H](N2CCNCC2)C(C)(C)C)c(C(F)(F)F)c1.Cl.Cl. The van der Waals surface area contributed by atoms with Crippen molar-refractivity contribution in [2.45, 2.75) is 33.0 Å². The number of alkyl halides is 3. The molecule has 1 N–H and O–H groups in total. The highest BCUT2D eigenvalue weighted by molar-refractivity contribution is 5.85. The molecular formula is C17H27Cl2F3N2O. The van der Waals surface area contributed by atoms with Gasteiger partial charge in [-0.2, -0.15) is 13.2 Å². The molecule has 0 spiro atoms. The smallest absolute Gasteiger partial charge is 0.416 e. The molecule has 3 nitrogen and oxygen atoms in total. The summed E-state index contributed by atoms with van der Waals surface area (Å²) in [6.07, 6.45) is -4.40. The van der Waals surface area contributed by atoms with Gasteiger partial charge in [-0.15, -0.1) is 24.8 Å². The summed E-state index contributed by atoms with van der Waals surface area (Å²) in [6, 6.07) is 3.99. The quantitative estimate of drug-likeness (QED) is 0.802. The summed E-state index contributed by atoms with van der Waals surface area (Å²) in [6.45, 7) is 9.04.